The average molecular weight is 253 g/mol. The molecule has 0 saturated carbocycles. The van der Waals surface area contributed by atoms with Gasteiger partial charge < -0.3 is 5.32 Å². The Morgan fingerprint density at radius 3 is 2.79 bits per heavy atom. The maximum atomic E-state index is 11.1. The van der Waals surface area contributed by atoms with E-state index in [1.54, 1.807) is 0 Å². The number of rotatable bonds is 4. The molecule has 0 aliphatic carbocycles. The lowest BCUT2D eigenvalue weighted by Crippen LogP contribution is -2.31. The van der Waals surface area contributed by atoms with Crippen LogP contribution in [0.2, 0.25) is 0 Å². The fraction of sp³-hybridized carbons (Fsp3) is 0.267. The number of hydrogen-bond donors (Lipinski definition) is 1. The number of dihydropyridines is 1. The van der Waals surface area contributed by atoms with Gasteiger partial charge in [-0.3, -0.25) is 0 Å². The first-order chi connectivity index (χ1) is 9.31. The molecular weight excluding hydrogens is 238 g/mol. The van der Waals surface area contributed by atoms with Gasteiger partial charge in [0.1, 0.15) is 6.04 Å². The van der Waals surface area contributed by atoms with Crippen LogP contribution in [0.1, 0.15) is 18.4 Å². The van der Waals surface area contributed by atoms with Crippen molar-refractivity contribution in [3.8, 4) is 0 Å². The third-order valence-corrected chi connectivity index (χ3v) is 3.25. The predicted octanol–water partition coefficient (Wildman–Crippen LogP) is 2.51. The molecule has 2 aliphatic rings. The molecular formula is C15H15N3O. The summed E-state index contributed by atoms with van der Waals surface area (Å²) in [7, 11) is 0. The van der Waals surface area contributed by atoms with Crippen LogP contribution in [-0.4, -0.2) is 23.6 Å². The zero-order chi connectivity index (χ0) is 13.1. The first kappa shape index (κ1) is 11.8. The second-order valence-corrected chi connectivity index (χ2v) is 4.70. The van der Waals surface area contributed by atoms with Gasteiger partial charge in [-0.15, -0.1) is 0 Å². The highest BCUT2D eigenvalue weighted by molar-refractivity contribution is 6.14. The van der Waals surface area contributed by atoms with Crippen LogP contribution in [0.5, 0.6) is 0 Å². The van der Waals surface area contributed by atoms with Crippen LogP contribution in [0.3, 0.4) is 0 Å². The first-order valence-corrected chi connectivity index (χ1v) is 6.50. The first-order valence-electron chi connectivity index (χ1n) is 6.50. The van der Waals surface area contributed by atoms with Gasteiger partial charge in [-0.25, -0.2) is 9.79 Å². The molecule has 0 radical (unpaired) electrons. The lowest BCUT2D eigenvalue weighted by molar-refractivity contribution is 0.251. The normalized spacial score (nSPS) is 20.6. The van der Waals surface area contributed by atoms with Gasteiger partial charge in [-0.05, 0) is 30.9 Å². The molecule has 19 heavy (non-hydrogen) atoms. The van der Waals surface area contributed by atoms with E-state index in [0.29, 0.717) is 5.84 Å². The van der Waals surface area contributed by atoms with Crippen molar-refractivity contribution in [3.05, 3.63) is 48.0 Å². The van der Waals surface area contributed by atoms with E-state index in [4.69, 9.17) is 0 Å². The van der Waals surface area contributed by atoms with E-state index in [9.17, 15) is 4.79 Å². The molecule has 4 heteroatoms. The van der Waals surface area contributed by atoms with Gasteiger partial charge >= 0.3 is 6.03 Å². The molecule has 1 unspecified atom stereocenters. The molecule has 1 aromatic rings. The minimum absolute atomic E-state index is 0.120. The van der Waals surface area contributed by atoms with E-state index in [1.165, 1.54) is 5.56 Å². The number of allylic oxidation sites excluding steroid dienone is 1. The van der Waals surface area contributed by atoms with Crippen LogP contribution in [0, 0.1) is 0 Å². The molecule has 2 amide bonds. The van der Waals surface area contributed by atoms with Crippen molar-refractivity contribution in [2.45, 2.75) is 25.3 Å². The molecule has 3 rings (SSSR count). The number of nitrogens with zero attached hydrogens (tertiary/aromatic N) is 2. The highest BCUT2D eigenvalue weighted by Crippen LogP contribution is 2.12. The largest absolute Gasteiger partial charge is 0.343 e. The van der Waals surface area contributed by atoms with Gasteiger partial charge in [0.25, 0.3) is 0 Å². The summed E-state index contributed by atoms with van der Waals surface area (Å²) < 4.78 is 0. The predicted molar refractivity (Wildman–Crippen MR) is 75.7 cm³/mol. The molecule has 2 aliphatic heterocycles. The number of urea groups is 1. The lowest BCUT2D eigenvalue weighted by Gasteiger charge is -2.11. The summed E-state index contributed by atoms with van der Waals surface area (Å²) in [4.78, 5) is 19.4. The van der Waals surface area contributed by atoms with Crippen molar-refractivity contribution in [3.63, 3.8) is 0 Å². The van der Waals surface area contributed by atoms with Crippen LogP contribution < -0.4 is 5.32 Å². The summed E-state index contributed by atoms with van der Waals surface area (Å²) in [6.45, 7) is 0. The zero-order valence-corrected chi connectivity index (χ0v) is 10.5. The third kappa shape index (κ3) is 2.78. The number of hydrogen-bond acceptors (Lipinski definition) is 2. The number of nitrogens with one attached hydrogen (secondary N) is 1. The molecule has 2 heterocycles. The molecule has 4 nitrogen and oxygen atoms in total. The second kappa shape index (κ2) is 5.18. The number of carbonyl (C=O) groups is 1. The van der Waals surface area contributed by atoms with Gasteiger partial charge in [-0.2, -0.15) is 4.99 Å². The maximum Gasteiger partial charge on any atom is 0.343 e. The fourth-order valence-corrected chi connectivity index (χ4v) is 2.28. The molecule has 0 spiro atoms. The SMILES string of the molecule is O=C1N=C2N=C(CCCc3ccccc3)C=CC2N1. The average Bonchev–Trinajstić information content (AvgIpc) is 2.79. The summed E-state index contributed by atoms with van der Waals surface area (Å²) in [5.41, 5.74) is 2.35. The Balaban J connectivity index is 1.57. The van der Waals surface area contributed by atoms with E-state index in [0.717, 1.165) is 25.0 Å². The Bertz CT molecular complexity index is 572. The van der Waals surface area contributed by atoms with Gasteiger partial charge in [0.2, 0.25) is 0 Å². The lowest BCUT2D eigenvalue weighted by atomic mass is 10.0. The van der Waals surface area contributed by atoms with E-state index in [-0.39, 0.29) is 12.1 Å². The minimum Gasteiger partial charge on any atom is -0.323 e. The van der Waals surface area contributed by atoms with Crippen LogP contribution in [0.15, 0.2) is 52.5 Å². The van der Waals surface area contributed by atoms with Crippen LogP contribution >= 0.6 is 0 Å². The van der Waals surface area contributed by atoms with Gasteiger partial charge in [0.15, 0.2) is 5.84 Å². The Labute approximate surface area is 112 Å². The number of amidine groups is 1. The van der Waals surface area contributed by atoms with Crippen molar-refractivity contribution in [2.75, 3.05) is 0 Å². The summed E-state index contributed by atoms with van der Waals surface area (Å²) in [5.74, 6) is 0.599. The van der Waals surface area contributed by atoms with Crippen molar-refractivity contribution in [1.82, 2.24) is 5.32 Å². The fourth-order valence-electron chi connectivity index (χ4n) is 2.28. The Kier molecular flexibility index (Phi) is 3.23. The molecule has 1 N–H and O–H groups in total. The highest BCUT2D eigenvalue weighted by Gasteiger charge is 2.25. The topological polar surface area (TPSA) is 53.8 Å². The summed E-state index contributed by atoms with van der Waals surface area (Å²) in [6, 6.07) is 10.0. The van der Waals surface area contributed by atoms with Gasteiger partial charge in [0, 0.05) is 5.71 Å². The van der Waals surface area contributed by atoms with Crippen molar-refractivity contribution < 1.29 is 4.79 Å². The molecule has 0 saturated heterocycles. The van der Waals surface area contributed by atoms with Gasteiger partial charge in [-0.1, -0.05) is 36.4 Å². The zero-order valence-electron chi connectivity index (χ0n) is 10.5. The van der Waals surface area contributed by atoms with E-state index in [2.05, 4.69) is 39.6 Å². The second-order valence-electron chi connectivity index (χ2n) is 4.70. The molecule has 0 fully saturated rings. The van der Waals surface area contributed by atoms with E-state index in [1.807, 2.05) is 18.2 Å². The smallest absolute Gasteiger partial charge is 0.323 e. The number of amides is 2. The molecule has 1 atom stereocenters. The highest BCUT2D eigenvalue weighted by atomic mass is 16.2. The molecule has 1 aromatic carbocycles. The monoisotopic (exact) mass is 253 g/mol. The summed E-state index contributed by atoms with van der Waals surface area (Å²) in [6.07, 6.45) is 6.94. The number of aryl methyl sites for hydroxylation is 1. The van der Waals surface area contributed by atoms with Crippen LogP contribution in [0.4, 0.5) is 4.79 Å². The van der Waals surface area contributed by atoms with E-state index >= 15 is 0 Å². The summed E-state index contributed by atoms with van der Waals surface area (Å²) >= 11 is 0. The van der Waals surface area contributed by atoms with Crippen LogP contribution in [0.25, 0.3) is 0 Å². The summed E-state index contributed by atoms with van der Waals surface area (Å²) in [5, 5.41) is 2.72. The minimum atomic E-state index is -0.293. The maximum absolute atomic E-state index is 11.1. The third-order valence-electron chi connectivity index (χ3n) is 3.25. The number of carbonyl (C=O) groups excluding carboxylic acids is 1. The Hall–Kier alpha value is -2.23. The standard InChI is InChI=1S/C15H15N3O/c19-15-17-13-10-9-12(16-14(13)18-15)8-4-7-11-5-2-1-3-6-11/h1-3,5-6,9-10,13H,4,7-8H2,(H,17,19). The molecule has 96 valence electrons. The van der Waals surface area contributed by atoms with E-state index < -0.39 is 0 Å². The van der Waals surface area contributed by atoms with Crippen molar-refractivity contribution >= 4 is 17.6 Å². The number of fused-ring (bicyclic) bond motifs is 1. The Morgan fingerprint density at radius 2 is 1.95 bits per heavy atom. The van der Waals surface area contributed by atoms with Gasteiger partial charge in [0.05, 0.1) is 0 Å². The Morgan fingerprint density at radius 1 is 1.11 bits per heavy atom. The number of aliphatic imine (C=N–C) groups is 2. The van der Waals surface area contributed by atoms with Crippen LogP contribution in [-0.2, 0) is 6.42 Å². The molecule has 0 bridgehead atoms. The quantitative estimate of drug-likeness (QED) is 0.880. The number of benzene rings is 1. The van der Waals surface area contributed by atoms with Crippen molar-refractivity contribution in [2.24, 2.45) is 9.98 Å². The van der Waals surface area contributed by atoms with Crippen molar-refractivity contribution in [1.29, 1.82) is 0 Å². The molecule has 0 aromatic heterocycles.